The number of hydrogen-bond donors (Lipinski definition) is 1. The fraction of sp³-hybridized carbons (Fsp3) is 0.588. The molecule has 0 saturated carbocycles. The topological polar surface area (TPSA) is 84.9 Å². The first-order chi connectivity index (χ1) is 11.9. The molecule has 0 aliphatic carbocycles. The van der Waals surface area contributed by atoms with Crippen molar-refractivity contribution in [2.24, 2.45) is 5.92 Å². The molecule has 1 atom stereocenters. The summed E-state index contributed by atoms with van der Waals surface area (Å²) in [4.78, 5) is 14.0. The number of nitrogens with one attached hydrogen (secondary N) is 1. The molecule has 7 nitrogen and oxygen atoms in total. The van der Waals surface area contributed by atoms with Crippen molar-refractivity contribution in [2.45, 2.75) is 19.3 Å². The summed E-state index contributed by atoms with van der Waals surface area (Å²) in [6.07, 6.45) is 3.20. The first-order valence-corrected chi connectivity index (χ1v) is 10.3. The van der Waals surface area contributed by atoms with Gasteiger partial charge in [-0.1, -0.05) is 6.07 Å². The number of carbonyl (C=O) groups excluding carboxylic acids is 1. The second-order valence-electron chi connectivity index (χ2n) is 6.25. The third kappa shape index (κ3) is 6.91. The summed E-state index contributed by atoms with van der Waals surface area (Å²) >= 11 is 0. The Morgan fingerprint density at radius 2 is 2.12 bits per heavy atom. The maximum Gasteiger partial charge on any atom is 0.223 e. The number of sulfonamides is 1. The van der Waals surface area contributed by atoms with Crippen molar-refractivity contribution >= 4 is 15.9 Å². The lowest BCUT2D eigenvalue weighted by Gasteiger charge is -2.32. The smallest absolute Gasteiger partial charge is 0.223 e. The standard InChI is InChI=1S/C17H26N2O5S/c1-23-15-6-3-7-16(11-15)24-13-14-5-4-10-19(12-14)17(20)8-9-18-25(2,21)22/h3,6-7,11,14,18H,4-5,8-10,12-13H2,1-2H3. The van der Waals surface area contributed by atoms with Gasteiger partial charge in [0.2, 0.25) is 15.9 Å². The van der Waals surface area contributed by atoms with E-state index < -0.39 is 10.0 Å². The van der Waals surface area contributed by atoms with Gasteiger partial charge in [0, 0.05) is 38.0 Å². The molecule has 1 unspecified atom stereocenters. The maximum atomic E-state index is 12.2. The molecule has 0 spiro atoms. The van der Waals surface area contributed by atoms with E-state index in [1.165, 1.54) is 0 Å². The predicted octanol–water partition coefficient (Wildman–Crippen LogP) is 1.25. The number of benzene rings is 1. The number of carbonyl (C=O) groups is 1. The fourth-order valence-corrected chi connectivity index (χ4v) is 3.31. The van der Waals surface area contributed by atoms with Gasteiger partial charge in [-0.2, -0.15) is 0 Å². The second kappa shape index (κ2) is 9.05. The molecule has 0 radical (unpaired) electrons. The van der Waals surface area contributed by atoms with E-state index in [1.807, 2.05) is 24.3 Å². The largest absolute Gasteiger partial charge is 0.497 e. The van der Waals surface area contributed by atoms with Crippen LogP contribution in [0.5, 0.6) is 11.5 Å². The molecule has 1 aliphatic rings. The zero-order valence-corrected chi connectivity index (χ0v) is 15.5. The van der Waals surface area contributed by atoms with Crippen LogP contribution < -0.4 is 14.2 Å². The van der Waals surface area contributed by atoms with Crippen molar-refractivity contribution in [3.8, 4) is 11.5 Å². The Balaban J connectivity index is 1.78. The minimum Gasteiger partial charge on any atom is -0.497 e. The minimum absolute atomic E-state index is 0.0257. The molecule has 0 aromatic heterocycles. The van der Waals surface area contributed by atoms with Crippen LogP contribution in [0.3, 0.4) is 0 Å². The van der Waals surface area contributed by atoms with Gasteiger partial charge in [0.05, 0.1) is 20.0 Å². The SMILES string of the molecule is COc1cccc(OCC2CCCN(C(=O)CCNS(C)(=O)=O)C2)c1. The van der Waals surface area contributed by atoms with E-state index in [0.29, 0.717) is 19.7 Å². The second-order valence-corrected chi connectivity index (χ2v) is 8.09. The van der Waals surface area contributed by atoms with Crippen molar-refractivity contribution in [1.82, 2.24) is 9.62 Å². The van der Waals surface area contributed by atoms with Crippen LogP contribution in [0.15, 0.2) is 24.3 Å². The van der Waals surface area contributed by atoms with Gasteiger partial charge in [-0.05, 0) is 25.0 Å². The van der Waals surface area contributed by atoms with Crippen LogP contribution >= 0.6 is 0 Å². The maximum absolute atomic E-state index is 12.2. The Kier molecular flexibility index (Phi) is 7.07. The lowest BCUT2D eigenvalue weighted by Crippen LogP contribution is -2.42. The van der Waals surface area contributed by atoms with E-state index in [2.05, 4.69) is 4.72 Å². The summed E-state index contributed by atoms with van der Waals surface area (Å²) in [6, 6.07) is 7.45. The molecule has 25 heavy (non-hydrogen) atoms. The Morgan fingerprint density at radius 3 is 2.84 bits per heavy atom. The van der Waals surface area contributed by atoms with Gasteiger partial charge in [-0.15, -0.1) is 0 Å². The van der Waals surface area contributed by atoms with Crippen molar-refractivity contribution in [1.29, 1.82) is 0 Å². The number of methoxy groups -OCH3 is 1. The highest BCUT2D eigenvalue weighted by atomic mass is 32.2. The average molecular weight is 370 g/mol. The van der Waals surface area contributed by atoms with Crippen molar-refractivity contribution in [2.75, 3.05) is 39.6 Å². The molecule has 1 aliphatic heterocycles. The Hall–Kier alpha value is -1.80. The van der Waals surface area contributed by atoms with Gasteiger partial charge in [0.1, 0.15) is 11.5 Å². The fourth-order valence-electron chi connectivity index (χ4n) is 2.83. The molecule has 0 bridgehead atoms. The van der Waals surface area contributed by atoms with E-state index in [0.717, 1.165) is 30.6 Å². The summed E-state index contributed by atoms with van der Waals surface area (Å²) in [7, 11) is -1.64. The number of nitrogens with zero attached hydrogens (tertiary/aromatic N) is 1. The molecule has 1 heterocycles. The summed E-state index contributed by atoms with van der Waals surface area (Å²) in [5.41, 5.74) is 0. The van der Waals surface area contributed by atoms with Crippen molar-refractivity contribution in [3.05, 3.63) is 24.3 Å². The lowest BCUT2D eigenvalue weighted by molar-refractivity contribution is -0.133. The van der Waals surface area contributed by atoms with E-state index in [-0.39, 0.29) is 24.8 Å². The number of ether oxygens (including phenoxy) is 2. The molecule has 1 saturated heterocycles. The zero-order valence-electron chi connectivity index (χ0n) is 14.7. The lowest BCUT2D eigenvalue weighted by atomic mass is 9.98. The molecule has 1 aromatic rings. The number of likely N-dealkylation sites (tertiary alicyclic amines) is 1. The molecule has 140 valence electrons. The Labute approximate surface area is 149 Å². The van der Waals surface area contributed by atoms with Gasteiger partial charge < -0.3 is 14.4 Å². The van der Waals surface area contributed by atoms with Crippen LogP contribution in [0.1, 0.15) is 19.3 Å². The zero-order chi connectivity index (χ0) is 18.3. The Morgan fingerprint density at radius 1 is 1.36 bits per heavy atom. The summed E-state index contributed by atoms with van der Waals surface area (Å²) < 4.78 is 35.4. The third-order valence-corrected chi connectivity index (χ3v) is 4.83. The molecule has 2 rings (SSSR count). The van der Waals surface area contributed by atoms with E-state index in [9.17, 15) is 13.2 Å². The molecular formula is C17H26N2O5S. The Bertz CT molecular complexity index is 677. The van der Waals surface area contributed by atoms with Gasteiger partial charge >= 0.3 is 0 Å². The number of hydrogen-bond acceptors (Lipinski definition) is 5. The highest BCUT2D eigenvalue weighted by molar-refractivity contribution is 7.88. The molecule has 1 aromatic carbocycles. The first-order valence-electron chi connectivity index (χ1n) is 8.36. The van der Waals surface area contributed by atoms with Crippen LogP contribution in [0.2, 0.25) is 0 Å². The van der Waals surface area contributed by atoms with Crippen LogP contribution in [-0.4, -0.2) is 58.8 Å². The van der Waals surface area contributed by atoms with Crippen LogP contribution in [0.4, 0.5) is 0 Å². The summed E-state index contributed by atoms with van der Waals surface area (Å²) in [5, 5.41) is 0. The highest BCUT2D eigenvalue weighted by Gasteiger charge is 2.24. The summed E-state index contributed by atoms with van der Waals surface area (Å²) in [6.45, 7) is 2.03. The van der Waals surface area contributed by atoms with Gasteiger partial charge in [-0.25, -0.2) is 13.1 Å². The van der Waals surface area contributed by atoms with E-state index >= 15 is 0 Å². The van der Waals surface area contributed by atoms with Gasteiger partial charge in [0.15, 0.2) is 0 Å². The number of amides is 1. The monoisotopic (exact) mass is 370 g/mol. The molecular weight excluding hydrogens is 344 g/mol. The van der Waals surface area contributed by atoms with Gasteiger partial charge in [0.25, 0.3) is 0 Å². The summed E-state index contributed by atoms with van der Waals surface area (Å²) in [5.74, 6) is 1.74. The van der Waals surface area contributed by atoms with Crippen LogP contribution in [0.25, 0.3) is 0 Å². The van der Waals surface area contributed by atoms with Crippen molar-refractivity contribution in [3.63, 3.8) is 0 Å². The minimum atomic E-state index is -3.26. The molecule has 1 fully saturated rings. The quantitative estimate of drug-likeness (QED) is 0.744. The van der Waals surface area contributed by atoms with E-state index in [1.54, 1.807) is 12.0 Å². The normalized spacial score (nSPS) is 18.0. The number of rotatable bonds is 8. The first kappa shape index (κ1) is 19.5. The van der Waals surface area contributed by atoms with Crippen LogP contribution in [-0.2, 0) is 14.8 Å². The predicted molar refractivity (Wildman–Crippen MR) is 95.3 cm³/mol. The molecule has 1 amide bonds. The van der Waals surface area contributed by atoms with Crippen molar-refractivity contribution < 1.29 is 22.7 Å². The van der Waals surface area contributed by atoms with Crippen LogP contribution in [0, 0.1) is 5.92 Å². The average Bonchev–Trinajstić information content (AvgIpc) is 2.59. The molecule has 1 N–H and O–H groups in total. The van der Waals surface area contributed by atoms with Gasteiger partial charge in [-0.3, -0.25) is 4.79 Å². The molecule has 8 heteroatoms. The highest BCUT2D eigenvalue weighted by Crippen LogP contribution is 2.22. The number of piperidine rings is 1. The third-order valence-electron chi connectivity index (χ3n) is 4.10. The van der Waals surface area contributed by atoms with E-state index in [4.69, 9.17) is 9.47 Å².